The van der Waals surface area contributed by atoms with Gasteiger partial charge in [-0.25, -0.2) is 4.79 Å². The van der Waals surface area contributed by atoms with Crippen molar-refractivity contribution < 1.29 is 13.9 Å². The number of amides is 1. The molecule has 3 aromatic rings. The van der Waals surface area contributed by atoms with Crippen LogP contribution < -0.4 is 21.9 Å². The van der Waals surface area contributed by atoms with Crippen molar-refractivity contribution in [3.8, 4) is 0 Å². The van der Waals surface area contributed by atoms with Crippen LogP contribution in [0, 0.1) is 13.8 Å². The molecule has 30 heavy (non-hydrogen) atoms. The Morgan fingerprint density at radius 1 is 1.23 bits per heavy atom. The zero-order valence-electron chi connectivity index (χ0n) is 17.1. The minimum absolute atomic E-state index is 0.0653. The Balaban J connectivity index is 2.12. The zero-order chi connectivity index (χ0) is 21.8. The molecule has 0 fully saturated rings. The zero-order valence-corrected chi connectivity index (χ0v) is 17.1. The summed E-state index contributed by atoms with van der Waals surface area (Å²) in [4.78, 5) is 41.9. The van der Waals surface area contributed by atoms with Gasteiger partial charge in [0.05, 0.1) is 18.7 Å². The molecule has 2 aromatic heterocycles. The number of carbonyl (C=O) groups excluding carboxylic acids is 1. The van der Waals surface area contributed by atoms with E-state index in [1.54, 1.807) is 19.9 Å². The third kappa shape index (κ3) is 4.20. The third-order valence-electron chi connectivity index (χ3n) is 4.70. The molecule has 1 amide bonds. The van der Waals surface area contributed by atoms with Gasteiger partial charge >= 0.3 is 5.69 Å². The normalized spacial score (nSPS) is 10.9. The number of carbonyl (C=O) groups is 1. The number of hydrogen-bond donors (Lipinski definition) is 2. The van der Waals surface area contributed by atoms with Crippen molar-refractivity contribution in [2.75, 3.05) is 30.9 Å². The molecule has 0 bridgehead atoms. The van der Waals surface area contributed by atoms with E-state index in [4.69, 9.17) is 14.9 Å². The second kappa shape index (κ2) is 8.83. The number of nitrogens with one attached hydrogen (secondary N) is 1. The highest BCUT2D eigenvalue weighted by atomic mass is 16.5. The van der Waals surface area contributed by atoms with Crippen LogP contribution in [0.5, 0.6) is 0 Å². The molecule has 0 aliphatic heterocycles. The van der Waals surface area contributed by atoms with E-state index in [-0.39, 0.29) is 31.2 Å². The summed E-state index contributed by atoms with van der Waals surface area (Å²) in [5.74, 6) is 0.421. The third-order valence-corrected chi connectivity index (χ3v) is 4.70. The largest absolute Gasteiger partial charge is 0.466 e. The van der Waals surface area contributed by atoms with E-state index in [1.165, 1.54) is 16.6 Å². The Kier molecular flexibility index (Phi) is 6.22. The van der Waals surface area contributed by atoms with Gasteiger partial charge in [0.15, 0.2) is 5.69 Å². The molecule has 0 radical (unpaired) electrons. The molecule has 9 heteroatoms. The molecule has 0 saturated carbocycles. The maximum Gasteiger partial charge on any atom is 0.330 e. The lowest BCUT2D eigenvalue weighted by Gasteiger charge is -2.24. The molecule has 0 aliphatic carbocycles. The topological polar surface area (TPSA) is 124 Å². The van der Waals surface area contributed by atoms with Gasteiger partial charge in [-0.15, -0.1) is 0 Å². The smallest absolute Gasteiger partial charge is 0.330 e. The van der Waals surface area contributed by atoms with Crippen molar-refractivity contribution in [2.45, 2.75) is 20.4 Å². The number of nitrogens with zero attached hydrogens (tertiary/aromatic N) is 2. The standard InChI is InChI=1S/C21H24N4O5/c1-13-11-16(14(2)30-13)20(27)24(9-10-29-3)17-18(22)25(21(28)23-19(17)26)12-15-7-5-4-6-8-15/h4-8,11H,9-10,12,22H2,1-3H3,(H,23,26,28). The molecule has 158 valence electrons. The van der Waals surface area contributed by atoms with Gasteiger partial charge in [0, 0.05) is 13.7 Å². The van der Waals surface area contributed by atoms with Crippen molar-refractivity contribution in [2.24, 2.45) is 0 Å². The predicted molar refractivity (Wildman–Crippen MR) is 113 cm³/mol. The van der Waals surface area contributed by atoms with Gasteiger partial charge in [-0.3, -0.25) is 24.0 Å². The highest BCUT2D eigenvalue weighted by Crippen LogP contribution is 2.23. The lowest BCUT2D eigenvalue weighted by Crippen LogP contribution is -2.42. The summed E-state index contributed by atoms with van der Waals surface area (Å²) in [6.45, 7) is 3.77. The minimum atomic E-state index is -0.746. The second-order valence-electron chi connectivity index (χ2n) is 6.84. The fourth-order valence-electron chi connectivity index (χ4n) is 3.25. The molecule has 2 heterocycles. The first-order valence-electron chi connectivity index (χ1n) is 9.37. The number of benzene rings is 1. The Bertz CT molecular complexity index is 1160. The van der Waals surface area contributed by atoms with E-state index in [1.807, 2.05) is 30.3 Å². The van der Waals surface area contributed by atoms with E-state index in [0.29, 0.717) is 17.1 Å². The number of aromatic nitrogens is 2. The van der Waals surface area contributed by atoms with Crippen LogP contribution in [0.4, 0.5) is 11.5 Å². The molecule has 0 unspecified atom stereocenters. The Morgan fingerprint density at radius 3 is 2.53 bits per heavy atom. The van der Waals surface area contributed by atoms with Crippen LogP contribution in [0.2, 0.25) is 0 Å². The molecule has 3 rings (SSSR count). The van der Waals surface area contributed by atoms with Gasteiger partial charge < -0.3 is 14.9 Å². The summed E-state index contributed by atoms with van der Waals surface area (Å²) in [7, 11) is 1.49. The molecule has 1 aromatic carbocycles. The van der Waals surface area contributed by atoms with E-state index in [0.717, 1.165) is 5.56 Å². The summed E-state index contributed by atoms with van der Waals surface area (Å²) in [5, 5.41) is 0. The molecule has 0 aliphatic rings. The van der Waals surface area contributed by atoms with Crippen LogP contribution in [-0.2, 0) is 11.3 Å². The van der Waals surface area contributed by atoms with Gasteiger partial charge in [-0.1, -0.05) is 30.3 Å². The van der Waals surface area contributed by atoms with Gasteiger partial charge in [0.2, 0.25) is 0 Å². The van der Waals surface area contributed by atoms with Gasteiger partial charge in [0.25, 0.3) is 11.5 Å². The van der Waals surface area contributed by atoms with E-state index in [9.17, 15) is 14.4 Å². The maximum absolute atomic E-state index is 13.3. The van der Waals surface area contributed by atoms with Gasteiger partial charge in [0.1, 0.15) is 17.3 Å². The minimum Gasteiger partial charge on any atom is -0.466 e. The Morgan fingerprint density at radius 2 is 1.93 bits per heavy atom. The highest BCUT2D eigenvalue weighted by Gasteiger charge is 2.27. The second-order valence-corrected chi connectivity index (χ2v) is 6.84. The number of ether oxygens (including phenoxy) is 1. The SMILES string of the molecule is COCCN(C(=O)c1cc(C)oc1C)c1c(N)n(Cc2ccccc2)c(=O)[nH]c1=O. The first kappa shape index (κ1) is 21.1. The summed E-state index contributed by atoms with van der Waals surface area (Å²) >= 11 is 0. The number of methoxy groups -OCH3 is 1. The lowest BCUT2D eigenvalue weighted by molar-refractivity contribution is 0.0974. The van der Waals surface area contributed by atoms with Crippen LogP contribution in [0.3, 0.4) is 0 Å². The average Bonchev–Trinajstić information content (AvgIpc) is 3.06. The fourth-order valence-corrected chi connectivity index (χ4v) is 3.25. The monoisotopic (exact) mass is 412 g/mol. The van der Waals surface area contributed by atoms with Crippen LogP contribution in [0.25, 0.3) is 0 Å². The number of aromatic amines is 1. The predicted octanol–water partition coefficient (Wildman–Crippen LogP) is 1.67. The summed E-state index contributed by atoms with van der Waals surface area (Å²) in [5.41, 5.74) is 5.87. The molecular weight excluding hydrogens is 388 g/mol. The van der Waals surface area contributed by atoms with E-state index >= 15 is 0 Å². The fraction of sp³-hybridized carbons (Fsp3) is 0.286. The first-order valence-corrected chi connectivity index (χ1v) is 9.37. The molecule has 0 atom stereocenters. The molecule has 3 N–H and O–H groups in total. The number of anilines is 2. The Hall–Kier alpha value is -3.59. The lowest BCUT2D eigenvalue weighted by atomic mass is 10.2. The number of furan rings is 1. The number of rotatable bonds is 7. The number of H-pyrrole nitrogens is 1. The van der Waals surface area contributed by atoms with E-state index in [2.05, 4.69) is 4.98 Å². The van der Waals surface area contributed by atoms with Crippen molar-refractivity contribution >= 4 is 17.4 Å². The average molecular weight is 412 g/mol. The molecule has 9 nitrogen and oxygen atoms in total. The van der Waals surface area contributed by atoms with E-state index < -0.39 is 17.2 Å². The van der Waals surface area contributed by atoms with Crippen LogP contribution >= 0.6 is 0 Å². The Labute approximate surface area is 172 Å². The van der Waals surface area contributed by atoms with Crippen LogP contribution in [0.1, 0.15) is 27.4 Å². The van der Waals surface area contributed by atoms with Crippen molar-refractivity contribution in [3.63, 3.8) is 0 Å². The number of nitrogen functional groups attached to an aromatic ring is 1. The maximum atomic E-state index is 13.3. The van der Waals surface area contributed by atoms with Crippen molar-refractivity contribution in [1.29, 1.82) is 0 Å². The number of nitrogens with two attached hydrogens (primary N) is 1. The van der Waals surface area contributed by atoms with Gasteiger partial charge in [-0.05, 0) is 25.5 Å². The highest BCUT2D eigenvalue weighted by molar-refractivity contribution is 6.07. The molecule has 0 saturated heterocycles. The quantitative estimate of drug-likeness (QED) is 0.608. The van der Waals surface area contributed by atoms with Crippen molar-refractivity contribution in [3.05, 3.63) is 79.9 Å². The van der Waals surface area contributed by atoms with Gasteiger partial charge in [-0.2, -0.15) is 0 Å². The molecule has 0 spiro atoms. The number of hydrogen-bond acceptors (Lipinski definition) is 6. The summed E-state index contributed by atoms with van der Waals surface area (Å²) < 4.78 is 11.8. The van der Waals surface area contributed by atoms with Crippen LogP contribution in [-0.4, -0.2) is 35.7 Å². The summed E-state index contributed by atoms with van der Waals surface area (Å²) in [6.07, 6.45) is 0. The van der Waals surface area contributed by atoms with Crippen LogP contribution in [0.15, 0.2) is 50.4 Å². The number of aryl methyl sites for hydroxylation is 2. The summed E-state index contributed by atoms with van der Waals surface area (Å²) in [6, 6.07) is 10.8. The van der Waals surface area contributed by atoms with Crippen molar-refractivity contribution in [1.82, 2.24) is 9.55 Å². The first-order chi connectivity index (χ1) is 14.3. The molecular formula is C21H24N4O5.